The number of hydrogen-bond donors (Lipinski definition) is 1. The Morgan fingerprint density at radius 1 is 1.43 bits per heavy atom. The molecule has 0 aromatic heterocycles. The van der Waals surface area contributed by atoms with Gasteiger partial charge in [0.15, 0.2) is 9.84 Å². The van der Waals surface area contributed by atoms with Crippen LogP contribution in [0.2, 0.25) is 0 Å². The number of nitriles is 1. The van der Waals surface area contributed by atoms with E-state index in [-0.39, 0.29) is 24.0 Å². The van der Waals surface area contributed by atoms with E-state index in [0.717, 1.165) is 0 Å². The molecule has 0 spiro atoms. The number of nitrogens with zero attached hydrogens (tertiary/aromatic N) is 2. The van der Waals surface area contributed by atoms with Crippen molar-refractivity contribution in [2.45, 2.75) is 18.9 Å². The molecule has 1 atom stereocenters. The van der Waals surface area contributed by atoms with Crippen molar-refractivity contribution in [1.29, 1.82) is 5.26 Å². The highest BCUT2D eigenvalue weighted by atomic mass is 32.2. The molecule has 122 valence electrons. The summed E-state index contributed by atoms with van der Waals surface area (Å²) in [5, 5.41) is 11.4. The average Bonchev–Trinajstić information content (AvgIpc) is 2.86. The van der Waals surface area contributed by atoms with Crippen molar-refractivity contribution in [3.63, 3.8) is 0 Å². The number of carbonyl (C=O) groups excluding carboxylic acids is 2. The number of sulfone groups is 1. The molecule has 8 heteroatoms. The number of nitrogens with one attached hydrogen (secondary N) is 1. The molecule has 1 fully saturated rings. The Bertz CT molecular complexity index is 767. The summed E-state index contributed by atoms with van der Waals surface area (Å²) in [7, 11) is -1.57. The maximum atomic E-state index is 12.1. The van der Waals surface area contributed by atoms with E-state index < -0.39 is 21.7 Å². The molecule has 7 nitrogen and oxygen atoms in total. The number of rotatable bonds is 4. The Hall–Kier alpha value is -2.40. The summed E-state index contributed by atoms with van der Waals surface area (Å²) in [5.74, 6) is -0.914. The summed E-state index contributed by atoms with van der Waals surface area (Å²) in [6.45, 7) is 0. The van der Waals surface area contributed by atoms with E-state index in [1.165, 1.54) is 18.0 Å². The minimum Gasteiger partial charge on any atom is -0.341 e. The molecule has 1 aliphatic rings. The van der Waals surface area contributed by atoms with E-state index in [9.17, 15) is 18.0 Å². The van der Waals surface area contributed by atoms with Gasteiger partial charge < -0.3 is 10.2 Å². The van der Waals surface area contributed by atoms with Crippen LogP contribution in [0.1, 0.15) is 18.4 Å². The maximum Gasteiger partial charge on any atom is 0.233 e. The van der Waals surface area contributed by atoms with Crippen LogP contribution in [0.3, 0.4) is 0 Å². The van der Waals surface area contributed by atoms with Crippen LogP contribution >= 0.6 is 0 Å². The molecule has 0 radical (unpaired) electrons. The lowest BCUT2D eigenvalue weighted by atomic mass is 10.2. The Balaban J connectivity index is 1.92. The number of anilines is 1. The third-order valence-electron chi connectivity index (χ3n) is 3.74. The van der Waals surface area contributed by atoms with Crippen LogP contribution in [0.5, 0.6) is 0 Å². The smallest absolute Gasteiger partial charge is 0.233 e. The molecule has 2 rings (SSSR count). The second kappa shape index (κ2) is 6.79. The van der Waals surface area contributed by atoms with Crippen LogP contribution in [-0.2, 0) is 19.4 Å². The van der Waals surface area contributed by atoms with Gasteiger partial charge in [0.05, 0.1) is 23.1 Å². The number of amides is 2. The Labute approximate surface area is 134 Å². The molecule has 1 aromatic carbocycles. The third-order valence-corrected chi connectivity index (χ3v) is 5.49. The molecule has 1 aliphatic heterocycles. The van der Waals surface area contributed by atoms with Gasteiger partial charge in [-0.3, -0.25) is 9.59 Å². The molecule has 1 saturated heterocycles. The predicted octanol–water partition coefficient (Wildman–Crippen LogP) is 0.532. The van der Waals surface area contributed by atoms with Crippen molar-refractivity contribution in [1.82, 2.24) is 4.90 Å². The highest BCUT2D eigenvalue weighted by Gasteiger charge is 2.33. The normalized spacial score (nSPS) is 18.9. The zero-order valence-corrected chi connectivity index (χ0v) is 13.5. The molecule has 0 saturated carbocycles. The summed E-state index contributed by atoms with van der Waals surface area (Å²) < 4.78 is 22.9. The first-order valence-corrected chi connectivity index (χ1v) is 8.89. The van der Waals surface area contributed by atoms with Gasteiger partial charge in [0, 0.05) is 18.8 Å². The maximum absolute atomic E-state index is 12.1. The minimum atomic E-state index is -3.08. The average molecular weight is 335 g/mol. The molecule has 2 amide bonds. The van der Waals surface area contributed by atoms with Crippen molar-refractivity contribution >= 4 is 27.3 Å². The molecule has 0 bridgehead atoms. The Morgan fingerprint density at radius 2 is 2.17 bits per heavy atom. The second-order valence-corrected chi connectivity index (χ2v) is 7.71. The van der Waals surface area contributed by atoms with Crippen LogP contribution < -0.4 is 5.32 Å². The quantitative estimate of drug-likeness (QED) is 0.808. The van der Waals surface area contributed by atoms with E-state index >= 15 is 0 Å². The monoisotopic (exact) mass is 335 g/mol. The van der Waals surface area contributed by atoms with Crippen LogP contribution in [0.25, 0.3) is 0 Å². The van der Waals surface area contributed by atoms with E-state index in [2.05, 4.69) is 5.32 Å². The fourth-order valence-corrected chi connectivity index (χ4v) is 4.19. The first-order valence-electron chi connectivity index (χ1n) is 7.07. The summed E-state index contributed by atoms with van der Waals surface area (Å²) in [4.78, 5) is 25.3. The zero-order chi connectivity index (χ0) is 17.0. The van der Waals surface area contributed by atoms with Gasteiger partial charge in [0.2, 0.25) is 11.8 Å². The number of hydrogen-bond acceptors (Lipinski definition) is 5. The predicted molar refractivity (Wildman–Crippen MR) is 84.2 cm³/mol. The first-order chi connectivity index (χ1) is 10.8. The van der Waals surface area contributed by atoms with E-state index in [0.29, 0.717) is 17.7 Å². The lowest BCUT2D eigenvalue weighted by Gasteiger charge is -2.23. The van der Waals surface area contributed by atoms with E-state index in [1.807, 2.05) is 6.07 Å². The minimum absolute atomic E-state index is 0.0545. The van der Waals surface area contributed by atoms with Gasteiger partial charge >= 0.3 is 0 Å². The van der Waals surface area contributed by atoms with Crippen LogP contribution in [0, 0.1) is 11.3 Å². The summed E-state index contributed by atoms with van der Waals surface area (Å²) in [6, 6.07) is 7.96. The molecule has 0 aliphatic carbocycles. The van der Waals surface area contributed by atoms with Gasteiger partial charge in [-0.25, -0.2) is 8.42 Å². The van der Waals surface area contributed by atoms with Crippen molar-refractivity contribution in [3.05, 3.63) is 29.8 Å². The van der Waals surface area contributed by atoms with Crippen LogP contribution in [0.15, 0.2) is 24.3 Å². The lowest BCUT2D eigenvalue weighted by Crippen LogP contribution is -2.39. The van der Waals surface area contributed by atoms with Crippen molar-refractivity contribution in [3.8, 4) is 6.07 Å². The van der Waals surface area contributed by atoms with Gasteiger partial charge in [0.1, 0.15) is 6.42 Å². The molecular formula is C15H17N3O4S. The number of benzene rings is 1. The van der Waals surface area contributed by atoms with Crippen molar-refractivity contribution in [2.24, 2.45) is 0 Å². The first kappa shape index (κ1) is 17.0. The highest BCUT2D eigenvalue weighted by molar-refractivity contribution is 7.91. The summed E-state index contributed by atoms with van der Waals surface area (Å²) in [5.41, 5.74) is 0.843. The standard InChI is InChI=1S/C15H17N3O4S/c1-18(13-5-6-23(21,22)10-13)15(20)8-14(19)17-12-4-2-3-11(7-12)9-16/h2-4,7,13H,5-6,8,10H2,1H3,(H,17,19). The van der Waals surface area contributed by atoms with Crippen LogP contribution in [0.4, 0.5) is 5.69 Å². The molecule has 23 heavy (non-hydrogen) atoms. The van der Waals surface area contributed by atoms with Gasteiger partial charge in [0.25, 0.3) is 0 Å². The van der Waals surface area contributed by atoms with E-state index in [4.69, 9.17) is 5.26 Å². The topological polar surface area (TPSA) is 107 Å². The number of carbonyl (C=O) groups is 2. The van der Waals surface area contributed by atoms with Gasteiger partial charge in [-0.05, 0) is 24.6 Å². The Morgan fingerprint density at radius 3 is 2.78 bits per heavy atom. The van der Waals surface area contributed by atoms with Gasteiger partial charge in [-0.1, -0.05) is 6.07 Å². The largest absolute Gasteiger partial charge is 0.341 e. The molecular weight excluding hydrogens is 318 g/mol. The van der Waals surface area contributed by atoms with Gasteiger partial charge in [-0.15, -0.1) is 0 Å². The summed E-state index contributed by atoms with van der Waals surface area (Å²) in [6.07, 6.45) is 0.0280. The molecule has 1 aromatic rings. The van der Waals surface area contributed by atoms with Crippen molar-refractivity contribution in [2.75, 3.05) is 23.9 Å². The molecule has 1 unspecified atom stereocenters. The summed E-state index contributed by atoms with van der Waals surface area (Å²) >= 11 is 0. The highest BCUT2D eigenvalue weighted by Crippen LogP contribution is 2.17. The third kappa shape index (κ3) is 4.53. The zero-order valence-electron chi connectivity index (χ0n) is 12.7. The SMILES string of the molecule is CN(C(=O)CC(=O)Nc1cccc(C#N)c1)C1CCS(=O)(=O)C1. The van der Waals surface area contributed by atoms with Crippen molar-refractivity contribution < 1.29 is 18.0 Å². The Kier molecular flexibility index (Phi) is 5.01. The molecule has 1 N–H and O–H groups in total. The molecule has 1 heterocycles. The van der Waals surface area contributed by atoms with Gasteiger partial charge in [-0.2, -0.15) is 5.26 Å². The fraction of sp³-hybridized carbons (Fsp3) is 0.400. The van der Waals surface area contributed by atoms with Crippen LogP contribution in [-0.4, -0.2) is 49.7 Å². The fourth-order valence-electron chi connectivity index (χ4n) is 2.42. The lowest BCUT2D eigenvalue weighted by molar-refractivity contribution is -0.134. The second-order valence-electron chi connectivity index (χ2n) is 5.48. The van der Waals surface area contributed by atoms with E-state index in [1.54, 1.807) is 18.2 Å².